The van der Waals surface area contributed by atoms with E-state index in [4.69, 9.17) is 0 Å². The van der Waals surface area contributed by atoms with E-state index < -0.39 is 16.3 Å². The lowest BCUT2D eigenvalue weighted by molar-refractivity contribution is -0.384. The second kappa shape index (κ2) is 7.92. The third kappa shape index (κ3) is 4.09. The monoisotopic (exact) mass is 369 g/mol. The van der Waals surface area contributed by atoms with Crippen LogP contribution in [-0.2, 0) is 0 Å². The zero-order valence-corrected chi connectivity index (χ0v) is 14.8. The summed E-state index contributed by atoms with van der Waals surface area (Å²) in [6, 6.07) is 7.29. The minimum atomic E-state index is -0.605. The van der Waals surface area contributed by atoms with Gasteiger partial charge in [-0.1, -0.05) is 23.8 Å². The van der Waals surface area contributed by atoms with Gasteiger partial charge in [0.05, 0.1) is 4.92 Å². The molecule has 0 aliphatic carbocycles. The summed E-state index contributed by atoms with van der Waals surface area (Å²) < 4.78 is 1.25. The van der Waals surface area contributed by atoms with Gasteiger partial charge in [0.1, 0.15) is 5.69 Å². The Bertz CT molecular complexity index is 980. The van der Waals surface area contributed by atoms with Gasteiger partial charge in [0, 0.05) is 30.9 Å². The average molecular weight is 369 g/mol. The molecule has 2 N–H and O–H groups in total. The van der Waals surface area contributed by atoms with Crippen molar-refractivity contribution in [1.82, 2.24) is 20.4 Å². The molecule has 3 rings (SSSR count). The molecule has 9 nitrogen and oxygen atoms in total. The Morgan fingerprint density at radius 3 is 2.89 bits per heavy atom. The molecule has 140 valence electrons. The zero-order valence-electron chi connectivity index (χ0n) is 14.8. The van der Waals surface area contributed by atoms with Crippen LogP contribution >= 0.6 is 0 Å². The maximum Gasteiger partial charge on any atom is 0.294 e. The number of carbonyl (C=O) groups is 1. The quantitative estimate of drug-likeness (QED) is 0.463. The molecule has 0 bridgehead atoms. The number of aromatic nitrogens is 2. The summed E-state index contributed by atoms with van der Waals surface area (Å²) in [5.41, 5.74) is 0.672. The Balaban J connectivity index is 1.93. The van der Waals surface area contributed by atoms with Gasteiger partial charge in [-0.25, -0.2) is 4.68 Å². The Hall–Kier alpha value is -3.33. The van der Waals surface area contributed by atoms with Crippen molar-refractivity contribution >= 4 is 11.6 Å². The van der Waals surface area contributed by atoms with E-state index in [2.05, 4.69) is 15.7 Å². The molecular weight excluding hydrogens is 350 g/mol. The van der Waals surface area contributed by atoms with E-state index in [0.717, 1.165) is 25.1 Å². The van der Waals surface area contributed by atoms with Crippen LogP contribution in [0.5, 0.6) is 0 Å². The van der Waals surface area contributed by atoms with E-state index >= 15 is 0 Å². The first kappa shape index (κ1) is 18.5. The van der Waals surface area contributed by atoms with Crippen molar-refractivity contribution in [3.63, 3.8) is 0 Å². The van der Waals surface area contributed by atoms with Gasteiger partial charge >= 0.3 is 0 Å². The number of carbonyl (C=O) groups excluding carboxylic acids is 1. The molecule has 9 heteroatoms. The number of nitrogens with zero attached hydrogens (tertiary/aromatic N) is 3. The number of nitro benzene ring substituents is 1. The number of nitro groups is 1. The predicted octanol–water partition coefficient (Wildman–Crippen LogP) is 1.10. The first-order valence-electron chi connectivity index (χ1n) is 8.49. The van der Waals surface area contributed by atoms with Crippen molar-refractivity contribution in [3.8, 4) is 5.69 Å². The number of hydrogen-bond donors (Lipinski definition) is 2. The topological polar surface area (TPSA) is 119 Å². The van der Waals surface area contributed by atoms with Crippen molar-refractivity contribution < 1.29 is 9.72 Å². The van der Waals surface area contributed by atoms with E-state index in [-0.39, 0.29) is 17.1 Å². The predicted molar refractivity (Wildman–Crippen MR) is 99.1 cm³/mol. The van der Waals surface area contributed by atoms with Crippen molar-refractivity contribution in [2.24, 2.45) is 0 Å². The fourth-order valence-corrected chi connectivity index (χ4v) is 2.85. The molecule has 0 saturated carbocycles. The van der Waals surface area contributed by atoms with Gasteiger partial charge in [-0.3, -0.25) is 19.7 Å². The van der Waals surface area contributed by atoms with E-state index in [1.165, 1.54) is 22.9 Å². The van der Waals surface area contributed by atoms with E-state index in [1.807, 2.05) is 6.08 Å². The van der Waals surface area contributed by atoms with Gasteiger partial charge in [-0.05, 0) is 26.0 Å². The first-order valence-corrected chi connectivity index (χ1v) is 8.49. The third-order valence-electron chi connectivity index (χ3n) is 4.26. The summed E-state index contributed by atoms with van der Waals surface area (Å²) in [5.74, 6) is -0.605. The van der Waals surface area contributed by atoms with Crippen LogP contribution in [0.2, 0.25) is 0 Å². The Labute approximate surface area is 154 Å². The molecular formula is C18H19N5O4. The van der Waals surface area contributed by atoms with Gasteiger partial charge in [-0.2, -0.15) is 5.10 Å². The van der Waals surface area contributed by atoms with Gasteiger partial charge in [0.2, 0.25) is 5.43 Å². The molecule has 1 aliphatic heterocycles. The molecule has 0 atom stereocenters. The SMILES string of the molecule is Cc1cc(=O)c(C(=O)NCC2=CCNCC2)nn1-c1ccccc1[N+](=O)[O-]. The number of nitrogens with one attached hydrogen (secondary N) is 2. The average Bonchev–Trinajstić information content (AvgIpc) is 2.67. The van der Waals surface area contributed by atoms with Crippen LogP contribution in [0.15, 0.2) is 46.8 Å². The molecule has 27 heavy (non-hydrogen) atoms. The van der Waals surface area contributed by atoms with Crippen LogP contribution in [-0.4, -0.2) is 40.2 Å². The largest absolute Gasteiger partial charge is 0.347 e. The fourth-order valence-electron chi connectivity index (χ4n) is 2.85. The molecule has 0 fully saturated rings. The molecule has 1 aromatic carbocycles. The number of rotatable bonds is 5. The fraction of sp³-hybridized carbons (Fsp3) is 0.278. The highest BCUT2D eigenvalue weighted by atomic mass is 16.6. The Morgan fingerprint density at radius 1 is 1.41 bits per heavy atom. The molecule has 1 aromatic heterocycles. The van der Waals surface area contributed by atoms with Crippen LogP contribution in [0.4, 0.5) is 5.69 Å². The van der Waals surface area contributed by atoms with Crippen LogP contribution in [0, 0.1) is 17.0 Å². The second-order valence-corrected chi connectivity index (χ2v) is 6.16. The van der Waals surface area contributed by atoms with Gasteiger partial charge in [0.25, 0.3) is 11.6 Å². The van der Waals surface area contributed by atoms with Gasteiger partial charge < -0.3 is 10.6 Å². The molecule has 1 amide bonds. The number of para-hydroxylation sites is 2. The molecule has 2 aromatic rings. The Morgan fingerprint density at radius 2 is 2.19 bits per heavy atom. The molecule has 0 spiro atoms. The molecule has 1 aliphatic rings. The number of benzene rings is 1. The van der Waals surface area contributed by atoms with E-state index in [0.29, 0.717) is 12.2 Å². The number of hydrogen-bond acceptors (Lipinski definition) is 6. The van der Waals surface area contributed by atoms with Gasteiger partial charge in [0.15, 0.2) is 5.69 Å². The summed E-state index contributed by atoms with van der Waals surface area (Å²) >= 11 is 0. The molecule has 0 saturated heterocycles. The number of aryl methyl sites for hydroxylation is 1. The lowest BCUT2D eigenvalue weighted by Gasteiger charge is -2.15. The van der Waals surface area contributed by atoms with Gasteiger partial charge in [-0.15, -0.1) is 0 Å². The van der Waals surface area contributed by atoms with Crippen LogP contribution in [0.25, 0.3) is 5.69 Å². The van der Waals surface area contributed by atoms with Crippen LogP contribution in [0.3, 0.4) is 0 Å². The van der Waals surface area contributed by atoms with E-state index in [1.54, 1.807) is 19.1 Å². The summed E-state index contributed by atoms with van der Waals surface area (Å²) in [7, 11) is 0. The van der Waals surface area contributed by atoms with Crippen LogP contribution < -0.4 is 16.1 Å². The summed E-state index contributed by atoms with van der Waals surface area (Å²) in [6.07, 6.45) is 2.82. The minimum absolute atomic E-state index is 0.164. The highest BCUT2D eigenvalue weighted by molar-refractivity contribution is 5.92. The summed E-state index contributed by atoms with van der Waals surface area (Å²) in [6.45, 7) is 3.53. The summed E-state index contributed by atoms with van der Waals surface area (Å²) in [4.78, 5) is 35.4. The van der Waals surface area contributed by atoms with E-state index in [9.17, 15) is 19.7 Å². The minimum Gasteiger partial charge on any atom is -0.347 e. The summed E-state index contributed by atoms with van der Waals surface area (Å²) in [5, 5.41) is 21.3. The highest BCUT2D eigenvalue weighted by Gasteiger charge is 2.20. The second-order valence-electron chi connectivity index (χ2n) is 6.16. The lowest BCUT2D eigenvalue weighted by atomic mass is 10.1. The Kier molecular flexibility index (Phi) is 5.41. The lowest BCUT2D eigenvalue weighted by Crippen LogP contribution is -2.34. The third-order valence-corrected chi connectivity index (χ3v) is 4.26. The maximum absolute atomic E-state index is 12.5. The number of amides is 1. The van der Waals surface area contributed by atoms with Crippen LogP contribution in [0.1, 0.15) is 22.6 Å². The smallest absolute Gasteiger partial charge is 0.294 e. The van der Waals surface area contributed by atoms with Crippen molar-refractivity contribution in [1.29, 1.82) is 0 Å². The molecule has 2 heterocycles. The molecule has 0 radical (unpaired) electrons. The van der Waals surface area contributed by atoms with Crippen molar-refractivity contribution in [2.45, 2.75) is 13.3 Å². The first-order chi connectivity index (χ1) is 13.0. The molecule has 0 unspecified atom stereocenters. The van der Waals surface area contributed by atoms with Crippen molar-refractivity contribution in [2.75, 3.05) is 19.6 Å². The highest BCUT2D eigenvalue weighted by Crippen LogP contribution is 2.22. The maximum atomic E-state index is 12.5. The normalized spacial score (nSPS) is 13.7. The zero-order chi connectivity index (χ0) is 19.4. The van der Waals surface area contributed by atoms with Crippen molar-refractivity contribution in [3.05, 3.63) is 73.7 Å². The standard InChI is InChI=1S/C18H19N5O4/c1-12-10-16(24)17(18(25)20-11-13-6-8-19-9-7-13)21-22(12)14-4-2-3-5-15(14)23(26)27/h2-6,10,19H,7-9,11H2,1H3,(H,20,25).